The second kappa shape index (κ2) is 34.5. The monoisotopic (exact) mass is 1420 g/mol. The van der Waals surface area contributed by atoms with E-state index in [1.165, 1.54) is 6.92 Å². The van der Waals surface area contributed by atoms with Gasteiger partial charge in [0.15, 0.2) is 50.3 Å². The number of nitrogens with one attached hydrogen (secondary N) is 3. The molecule has 97 heavy (non-hydrogen) atoms. The molecule has 0 saturated carbocycles. The summed E-state index contributed by atoms with van der Waals surface area (Å²) in [5.41, 5.74) is 0. The fourth-order valence-corrected chi connectivity index (χ4v) is 12.4. The third-order valence-corrected chi connectivity index (χ3v) is 17.8. The van der Waals surface area contributed by atoms with Gasteiger partial charge in [-0.3, -0.25) is 14.4 Å². The minimum Gasteiger partial charge on any atom is -0.394 e. The Morgan fingerprint density at radius 2 is 0.619 bits per heavy atom. The zero-order valence-corrected chi connectivity index (χ0v) is 52.2. The van der Waals surface area contributed by atoms with Crippen molar-refractivity contribution < 1.29 is 198 Å². The van der Waals surface area contributed by atoms with Crippen LogP contribution < -0.4 is 16.0 Å². The van der Waals surface area contributed by atoms with Gasteiger partial charge in [-0.15, -0.1) is 0 Å². The number of carbonyl (C=O) groups excluding carboxylic acids is 3. The largest absolute Gasteiger partial charge is 0.394 e. The normalized spacial score (nSPS) is 49.9. The van der Waals surface area contributed by atoms with Gasteiger partial charge in [-0.05, 0) is 6.92 Å². The molecule has 0 spiro atoms. The van der Waals surface area contributed by atoms with E-state index >= 15 is 0 Å². The summed E-state index contributed by atoms with van der Waals surface area (Å²) in [5.74, 6) is -2.60. The van der Waals surface area contributed by atoms with Crippen molar-refractivity contribution in [1.29, 1.82) is 0 Å². The molecule has 25 N–H and O–H groups in total. The Balaban J connectivity index is 1.07. The molecule has 0 aromatic carbocycles. The van der Waals surface area contributed by atoms with E-state index in [0.29, 0.717) is 0 Å². The number of aliphatic hydroxyl groups excluding tert-OH is 22. The van der Waals surface area contributed by atoms with Crippen LogP contribution in [-0.4, -0.2) is 422 Å². The van der Waals surface area contributed by atoms with Gasteiger partial charge >= 0.3 is 0 Å². The molecule has 0 bridgehead atoms. The average molecular weight is 1420 g/mol. The van der Waals surface area contributed by atoms with Crippen LogP contribution in [-0.2, 0) is 85.4 Å². The topological polar surface area (TPSA) is 671 Å². The van der Waals surface area contributed by atoms with Crippen LogP contribution in [0, 0.1) is 0 Å². The first-order chi connectivity index (χ1) is 45.8. The highest BCUT2D eigenvalue weighted by molar-refractivity contribution is 5.74. The maximum atomic E-state index is 13.0. The molecule has 8 heterocycles. The van der Waals surface area contributed by atoms with Crippen LogP contribution in [0.5, 0.6) is 0 Å². The molecule has 8 fully saturated rings. The van der Waals surface area contributed by atoms with E-state index in [-0.39, 0.29) is 0 Å². The standard InChI is InChI=1S/C54H91N3O40/c1-12-26(66)34(74)38(78)50(85-12)83-11-22-44(31(71)23(47(82)86-22)55-13(2)63)93-48-24(56-14(3)64)32(72)43(20(9-62)90-48)95-53-41(81)45(96-52-40(80)36(76)28(68)17(6-59)88-52)30(70)21(92-53)10-84-54-46(37(77)29(69)18(7-60)89-54)97-49-25(57-15(4)65)33(73)42(19(8-61)91-49)94-51-39(79)35(75)27(67)16(5-58)87-51/h12,16-54,58-62,66-82H,5-11H2,1-4H3,(H,55,63)(H,56,64)(H,57,65)/t12-,16-,17-,18-,19-,20-,21-,22-,23-,24-,25-,26+,27+,28-,29-,30-,31-,32-,33-,34+,35+,36+,37+,38-,39-,40+,41+,42-,43-,44-,45+,46+,47-,48+,49+,50+,51+,52-,53+,54+/m1/s1. The highest BCUT2D eigenvalue weighted by Gasteiger charge is 2.59. The molecule has 43 nitrogen and oxygen atoms in total. The van der Waals surface area contributed by atoms with Crippen LogP contribution in [0.15, 0.2) is 0 Å². The zero-order valence-electron chi connectivity index (χ0n) is 52.2. The van der Waals surface area contributed by atoms with Crippen molar-refractivity contribution in [3.8, 4) is 0 Å². The molecule has 0 radical (unpaired) electrons. The van der Waals surface area contributed by atoms with Crippen LogP contribution in [0.1, 0.15) is 27.7 Å². The van der Waals surface area contributed by atoms with E-state index in [9.17, 15) is 127 Å². The van der Waals surface area contributed by atoms with Crippen molar-refractivity contribution in [3.63, 3.8) is 0 Å². The van der Waals surface area contributed by atoms with Gasteiger partial charge in [-0.1, -0.05) is 0 Å². The second-order valence-corrected chi connectivity index (χ2v) is 24.6. The summed E-state index contributed by atoms with van der Waals surface area (Å²) in [6.45, 7) is -2.76. The predicted molar refractivity (Wildman–Crippen MR) is 298 cm³/mol. The minimum atomic E-state index is -2.39. The Morgan fingerprint density at radius 3 is 1.08 bits per heavy atom. The Kier molecular flexibility index (Phi) is 28.3. The molecular weight excluding hydrogens is 1330 g/mol. The molecule has 8 rings (SSSR count). The predicted octanol–water partition coefficient (Wildman–Crippen LogP) is -17.0. The third kappa shape index (κ3) is 17.6. The van der Waals surface area contributed by atoms with Gasteiger partial charge in [0.1, 0.15) is 189 Å². The quantitative estimate of drug-likeness (QED) is 0.0427. The van der Waals surface area contributed by atoms with Crippen molar-refractivity contribution >= 4 is 17.7 Å². The highest BCUT2D eigenvalue weighted by atomic mass is 16.8. The summed E-state index contributed by atoms with van der Waals surface area (Å²) in [4.78, 5) is 38.0. The zero-order chi connectivity index (χ0) is 71.5. The van der Waals surface area contributed by atoms with E-state index in [4.69, 9.17) is 71.1 Å². The van der Waals surface area contributed by atoms with E-state index in [1.54, 1.807) is 0 Å². The lowest BCUT2D eigenvalue weighted by molar-refractivity contribution is -0.389. The fraction of sp³-hybridized carbons (Fsp3) is 0.944. The van der Waals surface area contributed by atoms with Crippen molar-refractivity contribution in [3.05, 3.63) is 0 Å². The van der Waals surface area contributed by atoms with E-state index in [2.05, 4.69) is 16.0 Å². The average Bonchev–Trinajstić information content (AvgIpc) is 0.777. The van der Waals surface area contributed by atoms with Gasteiger partial charge in [-0.2, -0.15) is 0 Å². The van der Waals surface area contributed by atoms with Crippen LogP contribution in [0.2, 0.25) is 0 Å². The van der Waals surface area contributed by atoms with Crippen LogP contribution in [0.25, 0.3) is 0 Å². The van der Waals surface area contributed by atoms with Crippen LogP contribution in [0.3, 0.4) is 0 Å². The van der Waals surface area contributed by atoms with Gasteiger partial charge in [0.25, 0.3) is 0 Å². The fourth-order valence-electron chi connectivity index (χ4n) is 12.4. The Hall–Kier alpha value is -3.07. The molecule has 0 aromatic rings. The van der Waals surface area contributed by atoms with Crippen molar-refractivity contribution in [2.45, 2.75) is 273 Å². The molecule has 0 aromatic heterocycles. The lowest BCUT2D eigenvalue weighted by Gasteiger charge is -2.50. The molecule has 43 heteroatoms. The molecule has 8 saturated heterocycles. The van der Waals surface area contributed by atoms with Crippen LogP contribution in [0.4, 0.5) is 0 Å². The number of amides is 3. The van der Waals surface area contributed by atoms with E-state index < -0.39 is 309 Å². The summed E-state index contributed by atoms with van der Waals surface area (Å²) in [5, 5.41) is 247. The Labute approximate surface area is 549 Å². The number of aliphatic hydroxyl groups is 22. The Bertz CT molecular complexity index is 2490. The van der Waals surface area contributed by atoms with Gasteiger partial charge < -0.3 is 199 Å². The molecule has 3 amide bonds. The first-order valence-corrected chi connectivity index (χ1v) is 31.0. The maximum Gasteiger partial charge on any atom is 0.217 e. The Morgan fingerprint density at radius 1 is 0.289 bits per heavy atom. The summed E-state index contributed by atoms with van der Waals surface area (Å²) in [7, 11) is 0. The minimum absolute atomic E-state index is 0.790. The number of hydrogen-bond acceptors (Lipinski definition) is 40. The first kappa shape index (κ1) is 79.6. The summed E-state index contributed by atoms with van der Waals surface area (Å²) >= 11 is 0. The second-order valence-electron chi connectivity index (χ2n) is 24.6. The summed E-state index contributed by atoms with van der Waals surface area (Å²) in [6.07, 6.45) is -72.4. The molecule has 40 atom stereocenters. The molecular formula is C54H91N3O40. The van der Waals surface area contributed by atoms with Gasteiger partial charge in [-0.25, -0.2) is 0 Å². The molecule has 0 unspecified atom stereocenters. The smallest absolute Gasteiger partial charge is 0.217 e. The van der Waals surface area contributed by atoms with Gasteiger partial charge in [0.05, 0.1) is 52.4 Å². The van der Waals surface area contributed by atoms with Gasteiger partial charge in [0, 0.05) is 20.8 Å². The summed E-state index contributed by atoms with van der Waals surface area (Å²) in [6, 6.07) is -5.42. The molecule has 562 valence electrons. The number of carbonyl (C=O) groups is 3. The first-order valence-electron chi connectivity index (χ1n) is 31.0. The van der Waals surface area contributed by atoms with E-state index in [0.717, 1.165) is 20.8 Å². The van der Waals surface area contributed by atoms with Gasteiger partial charge in [0.2, 0.25) is 17.7 Å². The maximum absolute atomic E-state index is 13.0. The summed E-state index contributed by atoms with van der Waals surface area (Å²) < 4.78 is 87.6. The van der Waals surface area contributed by atoms with Crippen molar-refractivity contribution in [1.82, 2.24) is 16.0 Å². The highest BCUT2D eigenvalue weighted by Crippen LogP contribution is 2.38. The molecule has 8 aliphatic rings. The SMILES string of the molecule is CC(=O)N[C@@H]1[C@@H](O)[C@H](O[C@@H]2O[C@H](CO)[C@@H](O[C@@H]3O[C@H](CO[C@H]4O[C@H](CO)[C@@H](O)[C@H](O)[C@@H]4O[C@@H]4O[C@H](CO)[C@@H](O[C@@H]5O[C@H](CO)[C@H](O)[C@H](O)[C@H]5O)[C@H](O)[C@H]4NC(C)=O)[C@@H](O)[C@H](O[C@H]4O[C@H](CO)[C@@H](O)[C@H](O)[C@@H]4O)[C@@H]3O)[C@H](O)[C@H]2NC(C)=O)[C@@H](CO[C@H]2O[C@H](C)[C@H](O)[C@H](O)[C@H]2O)O[C@H]1O. The lowest BCUT2D eigenvalue weighted by Crippen LogP contribution is -2.70. The number of rotatable bonds is 24. The van der Waals surface area contributed by atoms with Crippen molar-refractivity contribution in [2.75, 3.05) is 46.2 Å². The number of hydrogen-bond donors (Lipinski definition) is 25. The number of ether oxygens (including phenoxy) is 15. The third-order valence-electron chi connectivity index (χ3n) is 17.8. The molecule has 0 aliphatic carbocycles. The molecule has 8 aliphatic heterocycles. The van der Waals surface area contributed by atoms with Crippen molar-refractivity contribution in [2.24, 2.45) is 0 Å². The van der Waals surface area contributed by atoms with Crippen LogP contribution >= 0.6 is 0 Å². The lowest BCUT2D eigenvalue weighted by atomic mass is 9.93. The van der Waals surface area contributed by atoms with E-state index in [1.807, 2.05) is 0 Å².